The van der Waals surface area contributed by atoms with Gasteiger partial charge in [-0.3, -0.25) is 19.3 Å². The van der Waals surface area contributed by atoms with Crippen molar-refractivity contribution in [1.82, 2.24) is 15.2 Å². The molecule has 1 spiro atoms. The molecule has 1 aliphatic carbocycles. The van der Waals surface area contributed by atoms with E-state index < -0.39 is 30.7 Å². The number of Topliss-reactive ketones (excluding diaryl/α,β-unsaturated/α-hetero) is 1. The highest BCUT2D eigenvalue weighted by Gasteiger charge is 2.55. The Balaban J connectivity index is 1.40. The van der Waals surface area contributed by atoms with E-state index in [9.17, 15) is 19.2 Å². The molecular weight excluding hydrogens is 386 g/mol. The minimum Gasteiger partial charge on any atom is -0.456 e. The summed E-state index contributed by atoms with van der Waals surface area (Å²) < 4.78 is 5.12. The Kier molecular flexibility index (Phi) is 5.09. The summed E-state index contributed by atoms with van der Waals surface area (Å²) >= 11 is 0. The summed E-state index contributed by atoms with van der Waals surface area (Å²) in [7, 11) is 0. The molecule has 158 valence electrons. The number of nitrogens with one attached hydrogen (secondary N) is 2. The van der Waals surface area contributed by atoms with Gasteiger partial charge in [0, 0.05) is 22.2 Å². The molecule has 1 saturated heterocycles. The monoisotopic (exact) mass is 411 g/mol. The Morgan fingerprint density at radius 2 is 2.00 bits per heavy atom. The standard InChI is InChI=1S/C22H25N3O5/c1-13-7-5-6-10-22(13)20(28)25(21(29)24-22)11-18(27)30-12-17(26)19-14(2)23-16-9-4-3-8-15(16)19/h3-4,8-9,13,23H,5-7,10-12H2,1-2H3,(H,24,29)/t13-,22-/m1/s1. The van der Waals surface area contributed by atoms with E-state index in [1.54, 1.807) is 6.92 Å². The van der Waals surface area contributed by atoms with E-state index in [0.717, 1.165) is 35.1 Å². The molecular formula is C22H25N3O5. The van der Waals surface area contributed by atoms with Crippen molar-refractivity contribution in [3.8, 4) is 0 Å². The second-order valence-corrected chi connectivity index (χ2v) is 8.19. The molecule has 3 amide bonds. The summed E-state index contributed by atoms with van der Waals surface area (Å²) in [5.41, 5.74) is 1.07. The van der Waals surface area contributed by atoms with E-state index in [4.69, 9.17) is 4.74 Å². The predicted molar refractivity (Wildman–Crippen MR) is 109 cm³/mol. The van der Waals surface area contributed by atoms with E-state index >= 15 is 0 Å². The second kappa shape index (κ2) is 7.59. The van der Waals surface area contributed by atoms with Crippen molar-refractivity contribution >= 4 is 34.6 Å². The largest absolute Gasteiger partial charge is 0.456 e. The number of hydrogen-bond acceptors (Lipinski definition) is 5. The lowest BCUT2D eigenvalue weighted by Crippen LogP contribution is -2.54. The number of urea groups is 1. The van der Waals surface area contributed by atoms with Gasteiger partial charge in [0.1, 0.15) is 12.1 Å². The van der Waals surface area contributed by atoms with Gasteiger partial charge in [-0.25, -0.2) is 4.79 Å². The highest BCUT2D eigenvalue weighted by atomic mass is 16.5. The van der Waals surface area contributed by atoms with Crippen LogP contribution in [-0.2, 0) is 14.3 Å². The van der Waals surface area contributed by atoms with Gasteiger partial charge in [-0.05, 0) is 31.7 Å². The van der Waals surface area contributed by atoms with Crippen LogP contribution in [0.25, 0.3) is 10.9 Å². The summed E-state index contributed by atoms with van der Waals surface area (Å²) in [6.45, 7) is 2.78. The highest BCUT2D eigenvalue weighted by molar-refractivity contribution is 6.11. The van der Waals surface area contributed by atoms with E-state index in [2.05, 4.69) is 10.3 Å². The predicted octanol–water partition coefficient (Wildman–Crippen LogP) is 2.70. The van der Waals surface area contributed by atoms with Gasteiger partial charge in [-0.15, -0.1) is 0 Å². The number of esters is 1. The number of imide groups is 1. The molecule has 2 heterocycles. The molecule has 4 rings (SSSR count). The average molecular weight is 411 g/mol. The van der Waals surface area contributed by atoms with Crippen LogP contribution >= 0.6 is 0 Å². The number of carbonyl (C=O) groups is 4. The highest BCUT2D eigenvalue weighted by Crippen LogP contribution is 2.38. The number of nitrogens with zero attached hydrogens (tertiary/aromatic N) is 1. The van der Waals surface area contributed by atoms with Crippen LogP contribution in [0, 0.1) is 12.8 Å². The number of rotatable bonds is 5. The first-order valence-electron chi connectivity index (χ1n) is 10.2. The zero-order valence-corrected chi connectivity index (χ0v) is 17.1. The van der Waals surface area contributed by atoms with Crippen molar-refractivity contribution in [2.24, 2.45) is 5.92 Å². The van der Waals surface area contributed by atoms with E-state index in [0.29, 0.717) is 17.7 Å². The van der Waals surface area contributed by atoms with Crippen LogP contribution in [0.4, 0.5) is 4.79 Å². The van der Waals surface area contributed by atoms with Crippen LogP contribution in [0.1, 0.15) is 48.7 Å². The number of ketones is 1. The van der Waals surface area contributed by atoms with Crippen molar-refractivity contribution in [2.45, 2.75) is 45.1 Å². The zero-order chi connectivity index (χ0) is 21.5. The summed E-state index contributed by atoms with van der Waals surface area (Å²) in [5, 5.41) is 3.56. The Hall–Kier alpha value is -3.16. The van der Waals surface area contributed by atoms with Crippen LogP contribution in [0.2, 0.25) is 0 Å². The number of hydrogen-bond donors (Lipinski definition) is 2. The molecule has 8 nitrogen and oxygen atoms in total. The van der Waals surface area contributed by atoms with Crippen LogP contribution < -0.4 is 5.32 Å². The molecule has 2 aromatic rings. The second-order valence-electron chi connectivity index (χ2n) is 8.19. The number of amides is 3. The Morgan fingerprint density at radius 3 is 2.77 bits per heavy atom. The zero-order valence-electron chi connectivity index (χ0n) is 17.1. The van der Waals surface area contributed by atoms with Gasteiger partial charge in [-0.1, -0.05) is 38.0 Å². The molecule has 1 saturated carbocycles. The number of H-pyrrole nitrogens is 1. The summed E-state index contributed by atoms with van der Waals surface area (Å²) in [5.74, 6) is -1.50. The van der Waals surface area contributed by atoms with Crippen molar-refractivity contribution < 1.29 is 23.9 Å². The molecule has 0 radical (unpaired) electrons. The lowest BCUT2D eigenvalue weighted by Gasteiger charge is -2.36. The van der Waals surface area contributed by atoms with Crippen molar-refractivity contribution in [1.29, 1.82) is 0 Å². The van der Waals surface area contributed by atoms with Gasteiger partial charge in [-0.2, -0.15) is 0 Å². The third-order valence-corrected chi connectivity index (χ3v) is 6.33. The molecule has 2 atom stereocenters. The summed E-state index contributed by atoms with van der Waals surface area (Å²) in [6, 6.07) is 6.81. The first-order chi connectivity index (χ1) is 14.3. The van der Waals surface area contributed by atoms with Gasteiger partial charge in [0.2, 0.25) is 5.78 Å². The van der Waals surface area contributed by atoms with Gasteiger partial charge in [0.25, 0.3) is 5.91 Å². The van der Waals surface area contributed by atoms with Crippen molar-refractivity contribution in [3.63, 3.8) is 0 Å². The first-order valence-corrected chi connectivity index (χ1v) is 10.2. The number of aryl methyl sites for hydroxylation is 1. The minimum absolute atomic E-state index is 0.00939. The third-order valence-electron chi connectivity index (χ3n) is 6.33. The smallest absolute Gasteiger partial charge is 0.326 e. The van der Waals surface area contributed by atoms with Gasteiger partial charge >= 0.3 is 12.0 Å². The van der Waals surface area contributed by atoms with E-state index in [1.807, 2.05) is 31.2 Å². The molecule has 8 heteroatoms. The number of benzene rings is 1. The topological polar surface area (TPSA) is 109 Å². The fourth-order valence-corrected chi connectivity index (χ4v) is 4.67. The molecule has 30 heavy (non-hydrogen) atoms. The number of para-hydroxylation sites is 1. The third kappa shape index (κ3) is 3.26. The molecule has 1 aliphatic heterocycles. The Morgan fingerprint density at radius 1 is 1.23 bits per heavy atom. The molecule has 2 aliphatic rings. The van der Waals surface area contributed by atoms with Crippen LogP contribution in [0.5, 0.6) is 0 Å². The van der Waals surface area contributed by atoms with Crippen LogP contribution in [0.15, 0.2) is 24.3 Å². The van der Waals surface area contributed by atoms with Gasteiger partial charge in [0.05, 0.1) is 0 Å². The number of aromatic nitrogens is 1. The minimum atomic E-state index is -0.924. The van der Waals surface area contributed by atoms with Crippen molar-refractivity contribution in [3.05, 3.63) is 35.5 Å². The maximum absolute atomic E-state index is 12.9. The Bertz CT molecular complexity index is 1040. The normalized spacial score (nSPS) is 23.8. The number of ether oxygens (including phenoxy) is 1. The van der Waals surface area contributed by atoms with Gasteiger partial charge < -0.3 is 15.0 Å². The van der Waals surface area contributed by atoms with E-state index in [-0.39, 0.29) is 17.6 Å². The number of carbonyl (C=O) groups excluding carboxylic acids is 4. The average Bonchev–Trinajstić information content (AvgIpc) is 3.17. The van der Waals surface area contributed by atoms with Gasteiger partial charge in [0.15, 0.2) is 6.61 Å². The molecule has 0 unspecified atom stereocenters. The maximum Gasteiger partial charge on any atom is 0.326 e. The molecule has 2 N–H and O–H groups in total. The first kappa shape index (κ1) is 20.1. The molecule has 2 fully saturated rings. The number of aromatic amines is 1. The van der Waals surface area contributed by atoms with Crippen molar-refractivity contribution in [2.75, 3.05) is 13.2 Å². The van der Waals surface area contributed by atoms with Crippen LogP contribution in [-0.4, -0.2) is 52.3 Å². The molecule has 1 aromatic heterocycles. The Labute approximate surface area is 173 Å². The fraction of sp³-hybridized carbons (Fsp3) is 0.455. The lowest BCUT2D eigenvalue weighted by atomic mass is 9.73. The summed E-state index contributed by atoms with van der Waals surface area (Å²) in [6.07, 6.45) is 3.29. The molecule has 0 bridgehead atoms. The quantitative estimate of drug-likeness (QED) is 0.447. The molecule has 1 aromatic carbocycles. The maximum atomic E-state index is 12.9. The lowest BCUT2D eigenvalue weighted by molar-refractivity contribution is -0.147. The van der Waals surface area contributed by atoms with E-state index in [1.165, 1.54) is 0 Å². The fourth-order valence-electron chi connectivity index (χ4n) is 4.67. The SMILES string of the molecule is Cc1[nH]c2ccccc2c1C(=O)COC(=O)CN1C(=O)N[C@@]2(CCCC[C@H]2C)C1=O. The van der Waals surface area contributed by atoms with Crippen LogP contribution in [0.3, 0.4) is 0 Å². The number of fused-ring (bicyclic) bond motifs is 1. The summed E-state index contributed by atoms with van der Waals surface area (Å²) in [4.78, 5) is 54.3.